The number of carbonyl (C=O) groups is 1. The number of hydrogen-bond donors (Lipinski definition) is 1. The second-order valence-electron chi connectivity index (χ2n) is 3.51. The van der Waals surface area contributed by atoms with Gasteiger partial charge in [-0.15, -0.1) is 12.4 Å². The summed E-state index contributed by atoms with van der Waals surface area (Å²) in [5.41, 5.74) is 7.49. The molecular formula is C13H14ClNO3. The molecule has 5 heteroatoms. The average Bonchev–Trinajstić information content (AvgIpc) is 2.78. The van der Waals surface area contributed by atoms with Crippen molar-refractivity contribution in [3.63, 3.8) is 0 Å². The van der Waals surface area contributed by atoms with Crippen LogP contribution in [0.2, 0.25) is 0 Å². The maximum atomic E-state index is 11.7. The van der Waals surface area contributed by atoms with Gasteiger partial charge in [-0.1, -0.05) is 12.1 Å². The Morgan fingerprint density at radius 1 is 1.39 bits per heavy atom. The molecule has 0 bridgehead atoms. The first-order valence-corrected chi connectivity index (χ1v) is 5.33. The van der Waals surface area contributed by atoms with E-state index in [1.807, 2.05) is 12.1 Å². The third kappa shape index (κ3) is 2.84. The van der Waals surface area contributed by atoms with E-state index in [0.29, 0.717) is 23.6 Å². The zero-order valence-electron chi connectivity index (χ0n) is 9.88. The summed E-state index contributed by atoms with van der Waals surface area (Å²) in [4.78, 5) is 11.7. The maximum absolute atomic E-state index is 11.7. The molecule has 96 valence electrons. The van der Waals surface area contributed by atoms with Gasteiger partial charge in [-0.25, -0.2) is 4.79 Å². The van der Waals surface area contributed by atoms with Crippen molar-refractivity contribution < 1.29 is 13.9 Å². The standard InChI is InChI=1S/C13H13NO3.ClH/c1-2-16-13(15)11-6-7-17-12(11)9-4-3-5-10(14)8-9;/h3-8H,2,14H2,1H3;1H. The Morgan fingerprint density at radius 2 is 2.17 bits per heavy atom. The molecule has 1 aromatic heterocycles. The number of benzene rings is 1. The zero-order valence-corrected chi connectivity index (χ0v) is 10.7. The van der Waals surface area contributed by atoms with Gasteiger partial charge < -0.3 is 14.9 Å². The van der Waals surface area contributed by atoms with Gasteiger partial charge in [0.2, 0.25) is 0 Å². The lowest BCUT2D eigenvalue weighted by atomic mass is 10.1. The van der Waals surface area contributed by atoms with Gasteiger partial charge in [-0.2, -0.15) is 0 Å². The smallest absolute Gasteiger partial charge is 0.342 e. The molecular weight excluding hydrogens is 254 g/mol. The second kappa shape index (κ2) is 6.12. The number of halogens is 1. The van der Waals surface area contributed by atoms with Crippen LogP contribution in [0.4, 0.5) is 5.69 Å². The van der Waals surface area contributed by atoms with E-state index in [9.17, 15) is 4.79 Å². The average molecular weight is 268 g/mol. The fourth-order valence-corrected chi connectivity index (χ4v) is 1.58. The van der Waals surface area contributed by atoms with E-state index < -0.39 is 5.97 Å². The highest BCUT2D eigenvalue weighted by atomic mass is 35.5. The van der Waals surface area contributed by atoms with Crippen LogP contribution < -0.4 is 5.73 Å². The van der Waals surface area contributed by atoms with Crippen LogP contribution in [0.3, 0.4) is 0 Å². The Morgan fingerprint density at radius 3 is 2.83 bits per heavy atom. The molecule has 0 radical (unpaired) electrons. The number of ether oxygens (including phenoxy) is 1. The number of carbonyl (C=O) groups excluding carboxylic acids is 1. The molecule has 0 spiro atoms. The summed E-state index contributed by atoms with van der Waals surface area (Å²) in [5, 5.41) is 0. The van der Waals surface area contributed by atoms with E-state index in [2.05, 4.69) is 0 Å². The highest BCUT2D eigenvalue weighted by Gasteiger charge is 2.17. The van der Waals surface area contributed by atoms with E-state index >= 15 is 0 Å². The minimum absolute atomic E-state index is 0. The van der Waals surface area contributed by atoms with Crippen LogP contribution in [0.15, 0.2) is 41.0 Å². The summed E-state index contributed by atoms with van der Waals surface area (Å²) in [6.45, 7) is 2.10. The molecule has 4 nitrogen and oxygen atoms in total. The molecule has 2 rings (SSSR count). The Labute approximate surface area is 111 Å². The lowest BCUT2D eigenvalue weighted by Gasteiger charge is -2.03. The van der Waals surface area contributed by atoms with Crippen LogP contribution in [0.1, 0.15) is 17.3 Å². The van der Waals surface area contributed by atoms with Crippen LogP contribution in [-0.4, -0.2) is 12.6 Å². The SMILES string of the molecule is CCOC(=O)c1ccoc1-c1cccc(N)c1.Cl. The molecule has 0 amide bonds. The minimum atomic E-state index is -0.390. The molecule has 18 heavy (non-hydrogen) atoms. The quantitative estimate of drug-likeness (QED) is 0.685. The Hall–Kier alpha value is -1.94. The van der Waals surface area contributed by atoms with Crippen molar-refractivity contribution >= 4 is 24.1 Å². The van der Waals surface area contributed by atoms with E-state index in [1.54, 1.807) is 25.1 Å². The Bertz CT molecular complexity index is 537. The first-order chi connectivity index (χ1) is 8.22. The van der Waals surface area contributed by atoms with Gasteiger partial charge in [0.25, 0.3) is 0 Å². The summed E-state index contributed by atoms with van der Waals surface area (Å²) in [6, 6.07) is 8.76. The van der Waals surface area contributed by atoms with E-state index in [4.69, 9.17) is 14.9 Å². The molecule has 0 aliphatic carbocycles. The van der Waals surface area contributed by atoms with Gasteiger partial charge in [0.15, 0.2) is 0 Å². The number of rotatable bonds is 3. The molecule has 2 aromatic rings. The van der Waals surface area contributed by atoms with Crippen LogP contribution in [0.5, 0.6) is 0 Å². The Kier molecular flexibility index (Phi) is 4.80. The largest absolute Gasteiger partial charge is 0.463 e. The van der Waals surface area contributed by atoms with Crippen molar-refractivity contribution in [2.75, 3.05) is 12.3 Å². The third-order valence-electron chi connectivity index (χ3n) is 2.31. The summed E-state index contributed by atoms with van der Waals surface area (Å²) >= 11 is 0. The highest BCUT2D eigenvalue weighted by Crippen LogP contribution is 2.26. The van der Waals surface area contributed by atoms with Gasteiger partial charge in [-0.3, -0.25) is 0 Å². The number of hydrogen-bond acceptors (Lipinski definition) is 4. The van der Waals surface area contributed by atoms with Crippen molar-refractivity contribution in [3.8, 4) is 11.3 Å². The van der Waals surface area contributed by atoms with Crippen molar-refractivity contribution in [1.82, 2.24) is 0 Å². The zero-order chi connectivity index (χ0) is 12.3. The van der Waals surface area contributed by atoms with E-state index in [0.717, 1.165) is 5.56 Å². The van der Waals surface area contributed by atoms with Gasteiger partial charge in [-0.05, 0) is 25.1 Å². The van der Waals surface area contributed by atoms with Crippen molar-refractivity contribution in [2.45, 2.75) is 6.92 Å². The lowest BCUT2D eigenvalue weighted by Crippen LogP contribution is -2.04. The number of anilines is 1. The normalized spacial score (nSPS) is 9.61. The minimum Gasteiger partial charge on any atom is -0.463 e. The molecule has 2 N–H and O–H groups in total. The molecule has 0 unspecified atom stereocenters. The number of nitrogen functional groups attached to an aromatic ring is 1. The predicted molar refractivity (Wildman–Crippen MR) is 71.8 cm³/mol. The van der Waals surface area contributed by atoms with Crippen LogP contribution in [0.25, 0.3) is 11.3 Å². The van der Waals surface area contributed by atoms with Crippen LogP contribution in [0, 0.1) is 0 Å². The molecule has 0 atom stereocenters. The monoisotopic (exact) mass is 267 g/mol. The van der Waals surface area contributed by atoms with Gasteiger partial charge in [0.05, 0.1) is 12.9 Å². The molecule has 0 saturated carbocycles. The van der Waals surface area contributed by atoms with Gasteiger partial charge >= 0.3 is 5.97 Å². The number of nitrogens with two attached hydrogens (primary N) is 1. The van der Waals surface area contributed by atoms with E-state index in [1.165, 1.54) is 6.26 Å². The molecule has 0 fully saturated rings. The van der Waals surface area contributed by atoms with Crippen molar-refractivity contribution in [2.24, 2.45) is 0 Å². The highest BCUT2D eigenvalue weighted by molar-refractivity contribution is 5.95. The summed E-state index contributed by atoms with van der Waals surface area (Å²) in [5.74, 6) is 0.0921. The third-order valence-corrected chi connectivity index (χ3v) is 2.31. The summed E-state index contributed by atoms with van der Waals surface area (Å²) in [6.07, 6.45) is 1.46. The van der Waals surface area contributed by atoms with Gasteiger partial charge in [0, 0.05) is 11.3 Å². The first-order valence-electron chi connectivity index (χ1n) is 5.33. The van der Waals surface area contributed by atoms with Gasteiger partial charge in [0.1, 0.15) is 11.3 Å². The fourth-order valence-electron chi connectivity index (χ4n) is 1.58. The summed E-state index contributed by atoms with van der Waals surface area (Å²) in [7, 11) is 0. The number of furan rings is 1. The van der Waals surface area contributed by atoms with E-state index in [-0.39, 0.29) is 12.4 Å². The fraction of sp³-hybridized carbons (Fsp3) is 0.154. The molecule has 0 aliphatic heterocycles. The topological polar surface area (TPSA) is 65.5 Å². The lowest BCUT2D eigenvalue weighted by molar-refractivity contribution is 0.0527. The molecule has 0 saturated heterocycles. The summed E-state index contributed by atoms with van der Waals surface area (Å²) < 4.78 is 10.3. The molecule has 1 aromatic carbocycles. The first kappa shape index (κ1) is 14.1. The number of esters is 1. The van der Waals surface area contributed by atoms with Crippen molar-refractivity contribution in [3.05, 3.63) is 42.2 Å². The van der Waals surface area contributed by atoms with Crippen LogP contribution >= 0.6 is 12.4 Å². The molecule has 1 heterocycles. The molecule has 0 aliphatic rings. The van der Waals surface area contributed by atoms with Crippen molar-refractivity contribution in [1.29, 1.82) is 0 Å². The predicted octanol–water partition coefficient (Wildman–Crippen LogP) is 3.13. The second-order valence-corrected chi connectivity index (χ2v) is 3.51. The van der Waals surface area contributed by atoms with Crippen LogP contribution in [-0.2, 0) is 4.74 Å². The Balaban J connectivity index is 0.00000162. The maximum Gasteiger partial charge on any atom is 0.342 e.